The molecule has 1 aliphatic heterocycles. The highest BCUT2D eigenvalue weighted by Gasteiger charge is 2.40. The van der Waals surface area contributed by atoms with Gasteiger partial charge in [0.25, 0.3) is 0 Å². The number of ketones is 1. The Bertz CT molecular complexity index is 1020. The van der Waals surface area contributed by atoms with Gasteiger partial charge in [-0.3, -0.25) is 9.59 Å². The number of carbonyl (C=O) groups excluding carboxylic acids is 2. The molecule has 2 aromatic carbocycles. The molecule has 1 aliphatic carbocycles. The number of allylic oxidation sites excluding steroid dienone is 1. The lowest BCUT2D eigenvalue weighted by molar-refractivity contribution is -0.132. The van der Waals surface area contributed by atoms with Crippen molar-refractivity contribution in [3.05, 3.63) is 69.4 Å². The van der Waals surface area contributed by atoms with Gasteiger partial charge in [0.15, 0.2) is 5.78 Å². The molecule has 8 heteroatoms. The summed E-state index contributed by atoms with van der Waals surface area (Å²) >= 11 is 17.9. The Kier molecular flexibility index (Phi) is 6.87. The fourth-order valence-electron chi connectivity index (χ4n) is 3.92. The first-order valence-electron chi connectivity index (χ1n) is 9.93. The van der Waals surface area contributed by atoms with E-state index in [0.29, 0.717) is 45.6 Å². The zero-order valence-corrected chi connectivity index (χ0v) is 18.7. The van der Waals surface area contributed by atoms with Crippen LogP contribution in [0.4, 0.5) is 5.69 Å². The van der Waals surface area contributed by atoms with Crippen LogP contribution in [0, 0.1) is 5.92 Å². The van der Waals surface area contributed by atoms with Gasteiger partial charge < -0.3 is 14.8 Å². The van der Waals surface area contributed by atoms with Gasteiger partial charge in [0.05, 0.1) is 34.6 Å². The summed E-state index contributed by atoms with van der Waals surface area (Å²) in [7, 11) is 0. The van der Waals surface area contributed by atoms with Crippen molar-refractivity contribution < 1.29 is 19.1 Å². The average Bonchev–Trinajstić information content (AvgIpc) is 2.76. The van der Waals surface area contributed by atoms with E-state index in [1.807, 2.05) is 12.1 Å². The van der Waals surface area contributed by atoms with Gasteiger partial charge >= 0.3 is 0 Å². The minimum absolute atomic E-state index is 0.0744. The molecule has 0 spiro atoms. The largest absolute Gasteiger partial charge is 0.496 e. The van der Waals surface area contributed by atoms with Crippen LogP contribution in [0.5, 0.6) is 0 Å². The molecule has 162 valence electrons. The van der Waals surface area contributed by atoms with E-state index in [9.17, 15) is 9.59 Å². The number of halogens is 3. The van der Waals surface area contributed by atoms with Crippen LogP contribution in [0.3, 0.4) is 0 Å². The molecule has 3 atom stereocenters. The van der Waals surface area contributed by atoms with Crippen molar-refractivity contribution in [1.82, 2.24) is 0 Å². The van der Waals surface area contributed by atoms with E-state index in [4.69, 9.17) is 44.3 Å². The maximum atomic E-state index is 13.0. The summed E-state index contributed by atoms with van der Waals surface area (Å²) < 4.78 is 11.7. The first-order chi connectivity index (χ1) is 14.9. The maximum Gasteiger partial charge on any atom is 0.250 e. The van der Waals surface area contributed by atoms with Crippen molar-refractivity contribution in [3.63, 3.8) is 0 Å². The highest BCUT2D eigenvalue weighted by molar-refractivity contribution is 6.35. The third-order valence-electron chi connectivity index (χ3n) is 5.51. The predicted octanol–water partition coefficient (Wildman–Crippen LogP) is 5.78. The van der Waals surface area contributed by atoms with Gasteiger partial charge in [-0.2, -0.15) is 0 Å². The van der Waals surface area contributed by atoms with Crippen molar-refractivity contribution in [3.8, 4) is 0 Å². The SMILES string of the molecule is O=C(COC1CCC2C(=O)C(c3ccc(Cl)cc3)=COC2C1)Nc1cc(Cl)ccc1Cl. The summed E-state index contributed by atoms with van der Waals surface area (Å²) in [6, 6.07) is 12.0. The zero-order chi connectivity index (χ0) is 22.0. The molecule has 4 rings (SSSR count). The average molecular weight is 481 g/mol. The molecule has 1 N–H and O–H groups in total. The molecule has 5 nitrogen and oxygen atoms in total. The van der Waals surface area contributed by atoms with Gasteiger partial charge in [0, 0.05) is 16.5 Å². The first-order valence-corrected chi connectivity index (χ1v) is 11.1. The van der Waals surface area contributed by atoms with E-state index in [0.717, 1.165) is 5.56 Å². The smallest absolute Gasteiger partial charge is 0.250 e. The van der Waals surface area contributed by atoms with Crippen LogP contribution in [0.15, 0.2) is 48.7 Å². The zero-order valence-electron chi connectivity index (χ0n) is 16.4. The Morgan fingerprint density at radius 2 is 1.81 bits per heavy atom. The lowest BCUT2D eigenvalue weighted by atomic mass is 9.78. The van der Waals surface area contributed by atoms with E-state index in [2.05, 4.69) is 5.32 Å². The molecule has 1 saturated carbocycles. The Labute approximate surface area is 195 Å². The van der Waals surface area contributed by atoms with Crippen LogP contribution in [-0.2, 0) is 19.1 Å². The lowest BCUT2D eigenvalue weighted by Gasteiger charge is -2.37. The molecule has 0 radical (unpaired) electrons. The monoisotopic (exact) mass is 479 g/mol. The number of fused-ring (bicyclic) bond motifs is 1. The Morgan fingerprint density at radius 3 is 2.58 bits per heavy atom. The quantitative estimate of drug-likeness (QED) is 0.589. The maximum absolute atomic E-state index is 13.0. The Hall–Kier alpha value is -2.05. The number of amides is 1. The van der Waals surface area contributed by atoms with Gasteiger partial charge in [0.2, 0.25) is 5.91 Å². The topological polar surface area (TPSA) is 64.6 Å². The van der Waals surface area contributed by atoms with Crippen molar-refractivity contribution >= 4 is 57.8 Å². The Balaban J connectivity index is 1.32. The molecule has 2 aromatic rings. The van der Waals surface area contributed by atoms with E-state index in [1.54, 1.807) is 30.3 Å². The van der Waals surface area contributed by atoms with Crippen molar-refractivity contribution in [2.24, 2.45) is 5.92 Å². The van der Waals surface area contributed by atoms with Crippen LogP contribution < -0.4 is 5.32 Å². The molecule has 1 fully saturated rings. The molecule has 3 unspecified atom stereocenters. The van der Waals surface area contributed by atoms with Gasteiger partial charge in [-0.05, 0) is 48.7 Å². The second-order valence-corrected chi connectivity index (χ2v) is 8.88. The van der Waals surface area contributed by atoms with Crippen molar-refractivity contribution in [2.45, 2.75) is 31.5 Å². The third-order valence-corrected chi connectivity index (χ3v) is 6.33. The fourth-order valence-corrected chi connectivity index (χ4v) is 4.38. The van der Waals surface area contributed by atoms with E-state index < -0.39 is 0 Å². The van der Waals surface area contributed by atoms with Gasteiger partial charge in [-0.1, -0.05) is 46.9 Å². The second kappa shape index (κ2) is 9.61. The summed E-state index contributed by atoms with van der Waals surface area (Å²) in [6.45, 7) is -0.120. The van der Waals surface area contributed by atoms with E-state index in [-0.39, 0.29) is 36.4 Å². The molecule has 2 aliphatic rings. The molecule has 1 heterocycles. The highest BCUT2D eigenvalue weighted by Crippen LogP contribution is 2.37. The summed E-state index contributed by atoms with van der Waals surface area (Å²) in [6.07, 6.45) is 2.97. The summed E-state index contributed by atoms with van der Waals surface area (Å²) in [5.74, 6) is -0.461. The van der Waals surface area contributed by atoms with Gasteiger partial charge in [-0.25, -0.2) is 0 Å². The molecule has 0 saturated heterocycles. The standard InChI is InChI=1S/C23H20Cl3NO4/c24-14-3-1-13(2-4-14)18-11-31-21-10-16(6-7-17(21)23(18)29)30-12-22(28)27-20-9-15(25)5-8-19(20)26/h1-5,8-9,11,16-17,21H,6-7,10,12H2,(H,27,28). The molecule has 1 amide bonds. The summed E-state index contributed by atoms with van der Waals surface area (Å²) in [5, 5.41) is 4.19. The number of anilines is 1. The van der Waals surface area contributed by atoms with Crippen LogP contribution in [0.25, 0.3) is 5.57 Å². The number of ether oxygens (including phenoxy) is 2. The van der Waals surface area contributed by atoms with Crippen LogP contribution in [-0.4, -0.2) is 30.5 Å². The molecule has 0 aromatic heterocycles. The van der Waals surface area contributed by atoms with Crippen molar-refractivity contribution in [2.75, 3.05) is 11.9 Å². The van der Waals surface area contributed by atoms with Crippen molar-refractivity contribution in [1.29, 1.82) is 0 Å². The minimum Gasteiger partial charge on any atom is -0.496 e. The molecular formula is C23H20Cl3NO4. The van der Waals surface area contributed by atoms with Crippen LogP contribution >= 0.6 is 34.8 Å². The minimum atomic E-state index is -0.322. The number of rotatable bonds is 5. The van der Waals surface area contributed by atoms with Crippen LogP contribution in [0.2, 0.25) is 15.1 Å². The number of hydrogen-bond acceptors (Lipinski definition) is 4. The molecular weight excluding hydrogens is 461 g/mol. The molecule has 0 bridgehead atoms. The first kappa shape index (κ1) is 22.2. The number of benzene rings is 2. The highest BCUT2D eigenvalue weighted by atomic mass is 35.5. The van der Waals surface area contributed by atoms with E-state index in [1.165, 1.54) is 6.26 Å². The number of Topliss-reactive ketones (excluding diaryl/α,β-unsaturated/α-hetero) is 1. The number of carbonyl (C=O) groups is 2. The number of hydrogen-bond donors (Lipinski definition) is 1. The van der Waals surface area contributed by atoms with Gasteiger partial charge in [0.1, 0.15) is 12.7 Å². The summed E-state index contributed by atoms with van der Waals surface area (Å²) in [5.41, 5.74) is 1.80. The van der Waals surface area contributed by atoms with E-state index >= 15 is 0 Å². The summed E-state index contributed by atoms with van der Waals surface area (Å²) in [4.78, 5) is 25.2. The predicted molar refractivity (Wildman–Crippen MR) is 121 cm³/mol. The Morgan fingerprint density at radius 1 is 1.06 bits per heavy atom. The normalized spacial score (nSPS) is 22.9. The third kappa shape index (κ3) is 5.24. The lowest BCUT2D eigenvalue weighted by Crippen LogP contribution is -2.42. The second-order valence-electron chi connectivity index (χ2n) is 7.60. The molecule has 31 heavy (non-hydrogen) atoms. The number of nitrogens with one attached hydrogen (secondary N) is 1. The fraction of sp³-hybridized carbons (Fsp3) is 0.304. The van der Waals surface area contributed by atoms with Gasteiger partial charge in [-0.15, -0.1) is 0 Å². The van der Waals surface area contributed by atoms with Crippen LogP contribution in [0.1, 0.15) is 24.8 Å².